The van der Waals surface area contributed by atoms with Gasteiger partial charge in [-0.15, -0.1) is 0 Å². The average Bonchev–Trinajstić information content (AvgIpc) is 3.07. The lowest BCUT2D eigenvalue weighted by atomic mass is 10.1. The molecule has 0 spiro atoms. The fraction of sp³-hybridized carbons (Fsp3) is 0.111. The van der Waals surface area contributed by atoms with Crippen molar-refractivity contribution >= 4 is 10.0 Å². The number of halogens is 1. The molecule has 3 rings (SSSR count). The molecular weight excluding hydrogens is 313 g/mol. The number of rotatable bonds is 4. The maximum absolute atomic E-state index is 13.4. The van der Waals surface area contributed by atoms with Crippen molar-refractivity contribution in [2.75, 3.05) is 0 Å². The molecule has 0 atom stereocenters. The molecule has 0 N–H and O–H groups in total. The Morgan fingerprint density at radius 1 is 1.09 bits per heavy atom. The fourth-order valence-corrected chi connectivity index (χ4v) is 3.36. The van der Waals surface area contributed by atoms with E-state index in [4.69, 9.17) is 2.74 Å². The summed E-state index contributed by atoms with van der Waals surface area (Å²) >= 11 is 0. The molecule has 0 fully saturated rings. The van der Waals surface area contributed by atoms with Crippen LogP contribution < -0.4 is 0 Å². The minimum atomic E-state index is -3.81. The van der Waals surface area contributed by atoms with Crippen LogP contribution in [-0.4, -0.2) is 12.4 Å². The van der Waals surface area contributed by atoms with Crippen molar-refractivity contribution in [1.29, 1.82) is 0 Å². The number of hydrogen-bond acceptors (Lipinski definition) is 2. The van der Waals surface area contributed by atoms with Crippen LogP contribution >= 0.6 is 0 Å². The van der Waals surface area contributed by atoms with Gasteiger partial charge in [-0.1, -0.05) is 29.8 Å². The number of aryl methyl sites for hydroxylation is 1. The molecule has 1 aromatic heterocycles. The Balaban J connectivity index is 2.01. The Morgan fingerprint density at radius 2 is 1.83 bits per heavy atom. The van der Waals surface area contributed by atoms with E-state index in [1.807, 2.05) is 6.92 Å². The fourth-order valence-electron chi connectivity index (χ4n) is 2.17. The number of hydrogen-bond donors (Lipinski definition) is 0. The lowest BCUT2D eigenvalue weighted by Crippen LogP contribution is -2.10. The summed E-state index contributed by atoms with van der Waals surface area (Å²) in [6.45, 7) is 1.86. The molecule has 0 unspecified atom stereocenters. The van der Waals surface area contributed by atoms with E-state index in [-0.39, 0.29) is 16.0 Å². The molecule has 5 heteroatoms. The maximum atomic E-state index is 13.4. The van der Waals surface area contributed by atoms with Crippen molar-refractivity contribution in [3.05, 3.63) is 89.5 Å². The van der Waals surface area contributed by atoms with Crippen molar-refractivity contribution in [1.82, 2.24) is 3.97 Å². The smallest absolute Gasteiger partial charge is 0.249 e. The molecule has 2 aromatic carbocycles. The Bertz CT molecular complexity index is 1010. The van der Waals surface area contributed by atoms with Crippen molar-refractivity contribution in [2.45, 2.75) is 18.2 Å². The third-order valence-electron chi connectivity index (χ3n) is 3.38. The minimum Gasteiger partial charge on any atom is -0.249 e. The quantitative estimate of drug-likeness (QED) is 0.730. The molecule has 0 aliphatic heterocycles. The van der Waals surface area contributed by atoms with Crippen LogP contribution in [-0.2, 0) is 16.4 Å². The summed E-state index contributed by atoms with van der Waals surface area (Å²) in [5, 5.41) is 0. The molecule has 0 aliphatic carbocycles. The maximum Gasteiger partial charge on any atom is 0.267 e. The Labute approximate surface area is 137 Å². The highest BCUT2D eigenvalue weighted by atomic mass is 32.2. The monoisotopic (exact) mass is 331 g/mol. The van der Waals surface area contributed by atoms with Crippen LogP contribution in [0.5, 0.6) is 0 Å². The van der Waals surface area contributed by atoms with Crippen LogP contribution in [0.1, 0.15) is 19.4 Å². The van der Waals surface area contributed by atoms with Crippen LogP contribution in [0.25, 0.3) is 0 Å². The summed E-state index contributed by atoms with van der Waals surface area (Å²) in [5.74, 6) is -0.548. The third kappa shape index (κ3) is 3.35. The van der Waals surface area contributed by atoms with Crippen molar-refractivity contribution in [3.63, 3.8) is 0 Å². The van der Waals surface area contributed by atoms with E-state index in [0.717, 1.165) is 15.6 Å². The van der Waals surface area contributed by atoms with Gasteiger partial charge in [-0.3, -0.25) is 0 Å². The third-order valence-corrected chi connectivity index (χ3v) is 5.03. The largest absolute Gasteiger partial charge is 0.267 e. The van der Waals surface area contributed by atoms with E-state index >= 15 is 0 Å². The van der Waals surface area contributed by atoms with Crippen LogP contribution in [0.15, 0.2) is 71.9 Å². The first-order chi connectivity index (χ1) is 11.7. The van der Waals surface area contributed by atoms with Gasteiger partial charge >= 0.3 is 0 Å². The highest BCUT2D eigenvalue weighted by molar-refractivity contribution is 7.90. The zero-order chi connectivity index (χ0) is 18.2. The summed E-state index contributed by atoms with van der Waals surface area (Å²) < 4.78 is 56.2. The predicted octanol–water partition coefficient (Wildman–Crippen LogP) is 3.76. The standard InChI is InChI=1S/C18H16FNO2S/c1-14-5-7-18(8-6-14)23(21,22)20-10-9-16(13-20)11-15-3-2-4-17(19)12-15/h2-10,12-13H,11H2,1H3/i11D2. The Kier molecular flexibility index (Phi) is 3.41. The van der Waals surface area contributed by atoms with Gasteiger partial charge in [-0.2, -0.15) is 0 Å². The predicted molar refractivity (Wildman–Crippen MR) is 87.4 cm³/mol. The van der Waals surface area contributed by atoms with E-state index in [1.54, 1.807) is 12.1 Å². The summed E-state index contributed by atoms with van der Waals surface area (Å²) in [7, 11) is -3.81. The van der Waals surface area contributed by atoms with Crippen LogP contribution in [0, 0.1) is 12.7 Å². The average molecular weight is 331 g/mol. The van der Waals surface area contributed by atoms with E-state index in [1.165, 1.54) is 48.8 Å². The molecule has 0 aliphatic rings. The van der Waals surface area contributed by atoms with Gasteiger partial charge in [0.15, 0.2) is 0 Å². The molecule has 0 saturated carbocycles. The van der Waals surface area contributed by atoms with E-state index in [9.17, 15) is 12.8 Å². The van der Waals surface area contributed by atoms with Crippen molar-refractivity contribution in [3.8, 4) is 0 Å². The molecule has 0 saturated heterocycles. The van der Waals surface area contributed by atoms with Crippen LogP contribution in [0.2, 0.25) is 0 Å². The van der Waals surface area contributed by atoms with Gasteiger partial charge in [-0.25, -0.2) is 16.8 Å². The molecule has 1 heterocycles. The molecule has 3 aromatic rings. The molecule has 0 amide bonds. The second-order valence-corrected chi connectivity index (χ2v) is 7.03. The normalized spacial score (nSPS) is 13.5. The Hall–Kier alpha value is -2.40. The molecule has 0 radical (unpaired) electrons. The second-order valence-electron chi connectivity index (χ2n) is 5.18. The zero-order valence-corrected chi connectivity index (χ0v) is 13.2. The van der Waals surface area contributed by atoms with Gasteiger partial charge in [0.2, 0.25) is 0 Å². The first kappa shape index (κ1) is 13.1. The van der Waals surface area contributed by atoms with E-state index < -0.39 is 22.2 Å². The summed E-state index contributed by atoms with van der Waals surface area (Å²) in [6, 6.07) is 13.0. The first-order valence-corrected chi connectivity index (χ1v) is 8.42. The zero-order valence-electron chi connectivity index (χ0n) is 14.4. The molecule has 23 heavy (non-hydrogen) atoms. The Morgan fingerprint density at radius 3 is 2.52 bits per heavy atom. The molecule has 3 nitrogen and oxygen atoms in total. The highest BCUT2D eigenvalue weighted by Gasteiger charge is 2.16. The lowest BCUT2D eigenvalue weighted by molar-refractivity contribution is 0.587. The van der Waals surface area contributed by atoms with Crippen LogP contribution in [0.4, 0.5) is 4.39 Å². The van der Waals surface area contributed by atoms with Gasteiger partial charge in [0, 0.05) is 15.1 Å². The lowest BCUT2D eigenvalue weighted by Gasteiger charge is -2.06. The SMILES string of the molecule is [2H]C([2H])(c1cccc(F)c1)c1ccn(S(=O)(=O)c2ccc(C)cc2)c1. The summed E-state index contributed by atoms with van der Waals surface area (Å²) in [5.41, 5.74) is 1.20. The number of aromatic nitrogens is 1. The van der Waals surface area contributed by atoms with Gasteiger partial charge in [0.25, 0.3) is 10.0 Å². The van der Waals surface area contributed by atoms with Crippen molar-refractivity contribution in [2.24, 2.45) is 0 Å². The molecular formula is C18H16FNO2S. The first-order valence-electron chi connectivity index (χ1n) is 7.98. The molecule has 0 bridgehead atoms. The minimum absolute atomic E-state index is 0.117. The summed E-state index contributed by atoms with van der Waals surface area (Å²) in [4.78, 5) is 0.117. The van der Waals surface area contributed by atoms with E-state index in [0.29, 0.717) is 0 Å². The van der Waals surface area contributed by atoms with Gasteiger partial charge in [-0.05, 0) is 54.8 Å². The van der Waals surface area contributed by atoms with Crippen molar-refractivity contribution < 1.29 is 15.5 Å². The number of benzene rings is 2. The summed E-state index contributed by atoms with van der Waals surface area (Å²) in [6.07, 6.45) is 0.498. The van der Waals surface area contributed by atoms with Gasteiger partial charge < -0.3 is 0 Å². The van der Waals surface area contributed by atoms with Crippen LogP contribution in [0.3, 0.4) is 0 Å². The van der Waals surface area contributed by atoms with Gasteiger partial charge in [0.1, 0.15) is 5.82 Å². The van der Waals surface area contributed by atoms with E-state index in [2.05, 4.69) is 0 Å². The van der Waals surface area contributed by atoms with Gasteiger partial charge in [0.05, 0.1) is 4.90 Å². The topological polar surface area (TPSA) is 39.1 Å². The number of nitrogens with zero attached hydrogens (tertiary/aromatic N) is 1. The highest BCUT2D eigenvalue weighted by Crippen LogP contribution is 2.18. The second kappa shape index (κ2) is 6.01. The molecule has 118 valence electrons.